The van der Waals surface area contributed by atoms with Gasteiger partial charge in [-0.05, 0) is 96.8 Å². The number of para-hydroxylation sites is 2. The molecule has 0 fully saturated rings. The molecule has 0 aliphatic carbocycles. The third-order valence-corrected chi connectivity index (χ3v) is 8.07. The van der Waals surface area contributed by atoms with Crippen LogP contribution in [0.4, 0.5) is 21.5 Å². The number of fused-ring (bicyclic) bond motifs is 5. The Morgan fingerprint density at radius 2 is 1.32 bits per heavy atom. The zero-order valence-electron chi connectivity index (χ0n) is 22.1. The van der Waals surface area contributed by atoms with Crippen LogP contribution < -0.4 is 4.90 Å². The zero-order valence-corrected chi connectivity index (χ0v) is 22.1. The molecule has 1 aliphatic heterocycles. The molecule has 1 aromatic heterocycles. The number of aryl methyl sites for hydroxylation is 2. The lowest BCUT2D eigenvalue weighted by molar-refractivity contribution is 0.628. The lowest BCUT2D eigenvalue weighted by atomic mass is 9.75. The molecular formula is C35H29FN2. The summed E-state index contributed by atoms with van der Waals surface area (Å²) in [6.07, 6.45) is 0. The summed E-state index contributed by atoms with van der Waals surface area (Å²) in [6, 6.07) is 35.5. The second kappa shape index (κ2) is 8.06. The second-order valence-electron chi connectivity index (χ2n) is 11.0. The highest BCUT2D eigenvalue weighted by Crippen LogP contribution is 2.48. The number of aromatic nitrogens is 1. The second-order valence-corrected chi connectivity index (χ2v) is 11.0. The SMILES string of the molecule is Cc1cc(C)cc(N(c2ccc(F)cc2)c2ccc3c(c2)c2cccc4c2n3-c2ccccc2C4(C)C)c1. The van der Waals surface area contributed by atoms with Gasteiger partial charge in [0, 0.05) is 33.2 Å². The van der Waals surface area contributed by atoms with E-state index < -0.39 is 0 Å². The van der Waals surface area contributed by atoms with E-state index in [2.05, 4.69) is 116 Å². The van der Waals surface area contributed by atoms with Crippen LogP contribution >= 0.6 is 0 Å². The fourth-order valence-corrected chi connectivity index (χ4v) is 6.41. The Hall–Kier alpha value is -4.37. The smallest absolute Gasteiger partial charge is 0.123 e. The number of hydrogen-bond donors (Lipinski definition) is 0. The minimum Gasteiger partial charge on any atom is -0.310 e. The summed E-state index contributed by atoms with van der Waals surface area (Å²) >= 11 is 0. The molecule has 0 N–H and O–H groups in total. The third kappa shape index (κ3) is 3.24. The van der Waals surface area contributed by atoms with Crippen molar-refractivity contribution in [3.8, 4) is 5.69 Å². The van der Waals surface area contributed by atoms with E-state index in [1.165, 1.54) is 61.9 Å². The van der Waals surface area contributed by atoms with E-state index in [4.69, 9.17) is 0 Å². The van der Waals surface area contributed by atoms with Crippen molar-refractivity contribution in [3.63, 3.8) is 0 Å². The molecule has 38 heavy (non-hydrogen) atoms. The van der Waals surface area contributed by atoms with E-state index in [-0.39, 0.29) is 11.2 Å². The van der Waals surface area contributed by atoms with E-state index >= 15 is 0 Å². The van der Waals surface area contributed by atoms with Crippen LogP contribution in [0, 0.1) is 19.7 Å². The molecule has 3 heteroatoms. The molecule has 0 spiro atoms. The molecule has 0 saturated carbocycles. The van der Waals surface area contributed by atoms with Crippen molar-refractivity contribution in [1.29, 1.82) is 0 Å². The van der Waals surface area contributed by atoms with Crippen molar-refractivity contribution in [2.24, 2.45) is 0 Å². The van der Waals surface area contributed by atoms with Gasteiger partial charge in [0.2, 0.25) is 0 Å². The first-order valence-corrected chi connectivity index (χ1v) is 13.1. The highest BCUT2D eigenvalue weighted by atomic mass is 19.1. The molecule has 0 radical (unpaired) electrons. The standard InChI is InChI=1S/C35H29FN2/c1-22-18-23(2)20-27(19-22)37(25-14-12-24(36)13-15-25)26-16-17-32-29(21-26)28-8-7-10-31-34(28)38(32)33-11-6-5-9-30(33)35(31,3)4/h5-21H,1-4H3. The molecule has 186 valence electrons. The number of nitrogens with zero attached hydrogens (tertiary/aromatic N) is 2. The van der Waals surface area contributed by atoms with Crippen LogP contribution in [0.5, 0.6) is 0 Å². The maximum absolute atomic E-state index is 13.9. The Labute approximate surface area is 222 Å². The third-order valence-electron chi connectivity index (χ3n) is 8.07. The van der Waals surface area contributed by atoms with E-state index in [0.717, 1.165) is 17.1 Å². The number of rotatable bonds is 3. The van der Waals surface area contributed by atoms with Gasteiger partial charge in [0.05, 0.1) is 16.7 Å². The number of halogens is 1. The molecule has 0 saturated heterocycles. The summed E-state index contributed by atoms with van der Waals surface area (Å²) in [4.78, 5) is 2.23. The van der Waals surface area contributed by atoms with Crippen LogP contribution in [-0.2, 0) is 5.41 Å². The monoisotopic (exact) mass is 496 g/mol. The van der Waals surface area contributed by atoms with Gasteiger partial charge in [-0.2, -0.15) is 0 Å². The van der Waals surface area contributed by atoms with Gasteiger partial charge in [-0.25, -0.2) is 4.39 Å². The van der Waals surface area contributed by atoms with E-state index in [9.17, 15) is 4.39 Å². The zero-order chi connectivity index (χ0) is 26.2. The average Bonchev–Trinajstić information content (AvgIpc) is 3.23. The lowest BCUT2D eigenvalue weighted by Crippen LogP contribution is -2.26. The fourth-order valence-electron chi connectivity index (χ4n) is 6.41. The predicted molar refractivity (Wildman–Crippen MR) is 157 cm³/mol. The van der Waals surface area contributed by atoms with Gasteiger partial charge in [0.15, 0.2) is 0 Å². The highest BCUT2D eigenvalue weighted by Gasteiger charge is 2.34. The van der Waals surface area contributed by atoms with Gasteiger partial charge in [-0.1, -0.05) is 56.3 Å². The minimum absolute atomic E-state index is 0.0947. The summed E-state index contributed by atoms with van der Waals surface area (Å²) in [5.74, 6) is -0.236. The molecule has 0 atom stereocenters. The summed E-state index contributed by atoms with van der Waals surface area (Å²) in [6.45, 7) is 8.88. The van der Waals surface area contributed by atoms with Gasteiger partial charge in [0.25, 0.3) is 0 Å². The topological polar surface area (TPSA) is 8.17 Å². The van der Waals surface area contributed by atoms with E-state index in [1.807, 2.05) is 12.1 Å². The molecule has 7 rings (SSSR count). The highest BCUT2D eigenvalue weighted by molar-refractivity contribution is 6.12. The normalized spacial score (nSPS) is 13.6. The Bertz CT molecular complexity index is 1850. The molecule has 5 aromatic carbocycles. The van der Waals surface area contributed by atoms with E-state index in [0.29, 0.717) is 0 Å². The first-order valence-electron chi connectivity index (χ1n) is 13.1. The Balaban J connectivity index is 1.53. The Morgan fingerprint density at radius 3 is 2.08 bits per heavy atom. The summed E-state index contributed by atoms with van der Waals surface area (Å²) in [5, 5.41) is 2.46. The van der Waals surface area contributed by atoms with Crippen molar-refractivity contribution in [1.82, 2.24) is 4.57 Å². The lowest BCUT2D eigenvalue weighted by Gasteiger charge is -2.34. The quantitative estimate of drug-likeness (QED) is 0.237. The van der Waals surface area contributed by atoms with Gasteiger partial charge in [0.1, 0.15) is 5.82 Å². The average molecular weight is 497 g/mol. The number of benzene rings is 5. The number of hydrogen-bond acceptors (Lipinski definition) is 1. The fraction of sp³-hybridized carbons (Fsp3) is 0.143. The van der Waals surface area contributed by atoms with Crippen molar-refractivity contribution in [3.05, 3.63) is 131 Å². The predicted octanol–water partition coefficient (Wildman–Crippen LogP) is 9.65. The van der Waals surface area contributed by atoms with Gasteiger partial charge in [-0.15, -0.1) is 0 Å². The molecule has 2 nitrogen and oxygen atoms in total. The van der Waals surface area contributed by atoms with Crippen molar-refractivity contribution in [2.75, 3.05) is 4.90 Å². The van der Waals surface area contributed by atoms with Crippen molar-refractivity contribution >= 4 is 38.9 Å². The molecule has 0 unspecified atom stereocenters. The van der Waals surface area contributed by atoms with Crippen molar-refractivity contribution in [2.45, 2.75) is 33.1 Å². The largest absolute Gasteiger partial charge is 0.310 e. The van der Waals surface area contributed by atoms with Crippen LogP contribution in [0.25, 0.3) is 27.5 Å². The van der Waals surface area contributed by atoms with Gasteiger partial charge in [-0.3, -0.25) is 0 Å². The summed E-state index contributed by atoms with van der Waals surface area (Å²) in [7, 11) is 0. The Morgan fingerprint density at radius 1 is 0.632 bits per heavy atom. The maximum atomic E-state index is 13.9. The molecule has 6 aromatic rings. The molecule has 1 aliphatic rings. The number of anilines is 3. The van der Waals surface area contributed by atoms with Crippen LogP contribution in [-0.4, -0.2) is 4.57 Å². The first-order chi connectivity index (χ1) is 18.3. The molecular weight excluding hydrogens is 467 g/mol. The molecule has 2 heterocycles. The minimum atomic E-state index is -0.236. The molecule has 0 amide bonds. The summed E-state index contributed by atoms with van der Waals surface area (Å²) in [5.41, 5.74) is 11.7. The van der Waals surface area contributed by atoms with Crippen LogP contribution in [0.2, 0.25) is 0 Å². The Kier molecular flexibility index (Phi) is 4.84. The molecule has 0 bridgehead atoms. The van der Waals surface area contributed by atoms with Crippen LogP contribution in [0.3, 0.4) is 0 Å². The van der Waals surface area contributed by atoms with Crippen LogP contribution in [0.15, 0.2) is 103 Å². The maximum Gasteiger partial charge on any atom is 0.123 e. The van der Waals surface area contributed by atoms with Gasteiger partial charge >= 0.3 is 0 Å². The van der Waals surface area contributed by atoms with Crippen molar-refractivity contribution < 1.29 is 4.39 Å². The van der Waals surface area contributed by atoms with Gasteiger partial charge < -0.3 is 9.47 Å². The van der Waals surface area contributed by atoms with E-state index in [1.54, 1.807) is 0 Å². The summed E-state index contributed by atoms with van der Waals surface area (Å²) < 4.78 is 16.3. The first kappa shape index (κ1) is 22.8. The van der Waals surface area contributed by atoms with Crippen LogP contribution in [0.1, 0.15) is 36.1 Å².